The number of amides is 1. The second-order valence-corrected chi connectivity index (χ2v) is 5.72. The number of nitrogens with zero attached hydrogens (tertiary/aromatic N) is 1. The van der Waals surface area contributed by atoms with Gasteiger partial charge in [-0.1, -0.05) is 6.92 Å². The van der Waals surface area contributed by atoms with Gasteiger partial charge in [0.1, 0.15) is 5.56 Å². The zero-order chi connectivity index (χ0) is 14.5. The smallest absolute Gasteiger partial charge is 0.256 e. The molecule has 1 aromatic heterocycles. The highest BCUT2D eigenvalue weighted by atomic mass is 16.2. The lowest BCUT2D eigenvalue weighted by Gasteiger charge is -2.20. The van der Waals surface area contributed by atoms with Crippen LogP contribution in [0.4, 0.5) is 0 Å². The Morgan fingerprint density at radius 1 is 1.45 bits per heavy atom. The molecule has 2 rings (SSSR count). The van der Waals surface area contributed by atoms with Crippen molar-refractivity contribution >= 4 is 5.91 Å². The predicted octanol–water partition coefficient (Wildman–Crippen LogP) is 1.15. The molecule has 0 radical (unpaired) electrons. The Balaban J connectivity index is 1.83. The fourth-order valence-corrected chi connectivity index (χ4v) is 2.58. The van der Waals surface area contributed by atoms with Crippen molar-refractivity contribution in [3.8, 4) is 0 Å². The van der Waals surface area contributed by atoms with Gasteiger partial charge >= 0.3 is 0 Å². The van der Waals surface area contributed by atoms with Crippen LogP contribution in [-0.4, -0.2) is 42.0 Å². The third-order valence-electron chi connectivity index (χ3n) is 3.68. The van der Waals surface area contributed by atoms with E-state index in [9.17, 15) is 9.59 Å². The third-order valence-corrected chi connectivity index (χ3v) is 3.68. The summed E-state index contributed by atoms with van der Waals surface area (Å²) in [6.07, 6.45) is 4.04. The molecule has 2 heterocycles. The average molecular weight is 277 g/mol. The van der Waals surface area contributed by atoms with E-state index in [0.717, 1.165) is 25.3 Å². The van der Waals surface area contributed by atoms with E-state index in [1.165, 1.54) is 25.1 Å². The molecule has 1 unspecified atom stereocenters. The number of hydrogen-bond donors (Lipinski definition) is 2. The lowest BCUT2D eigenvalue weighted by atomic mass is 10.1. The lowest BCUT2D eigenvalue weighted by Crippen LogP contribution is -2.36. The van der Waals surface area contributed by atoms with Gasteiger partial charge in [-0.05, 0) is 38.8 Å². The molecule has 1 aliphatic heterocycles. The Morgan fingerprint density at radius 2 is 2.15 bits per heavy atom. The van der Waals surface area contributed by atoms with Gasteiger partial charge in [-0.25, -0.2) is 0 Å². The summed E-state index contributed by atoms with van der Waals surface area (Å²) in [5.41, 5.74) is 0.712. The predicted molar refractivity (Wildman–Crippen MR) is 79.0 cm³/mol. The van der Waals surface area contributed by atoms with Crippen LogP contribution in [0.2, 0.25) is 0 Å². The number of H-pyrrole nitrogens is 1. The van der Waals surface area contributed by atoms with Crippen LogP contribution in [0, 0.1) is 12.8 Å². The molecule has 0 aliphatic carbocycles. The zero-order valence-corrected chi connectivity index (χ0v) is 12.2. The van der Waals surface area contributed by atoms with Gasteiger partial charge in [-0.15, -0.1) is 0 Å². The van der Waals surface area contributed by atoms with E-state index in [0.29, 0.717) is 12.5 Å². The van der Waals surface area contributed by atoms with Crippen molar-refractivity contribution in [2.75, 3.05) is 26.2 Å². The first-order chi connectivity index (χ1) is 9.56. The molecule has 1 saturated heterocycles. The minimum absolute atomic E-state index is 0.184. The number of carbonyl (C=O) groups excluding carboxylic acids is 1. The Bertz CT molecular complexity index is 518. The summed E-state index contributed by atoms with van der Waals surface area (Å²) < 4.78 is 0. The van der Waals surface area contributed by atoms with Crippen LogP contribution >= 0.6 is 0 Å². The summed E-state index contributed by atoms with van der Waals surface area (Å²) in [5, 5.41) is 2.85. The Kier molecular flexibility index (Phi) is 4.95. The normalized spacial score (nSPS) is 17.1. The number of aryl methyl sites for hydroxylation is 1. The molecule has 1 aromatic rings. The van der Waals surface area contributed by atoms with Crippen LogP contribution in [0.1, 0.15) is 35.8 Å². The number of carbonyl (C=O) groups is 1. The highest BCUT2D eigenvalue weighted by Crippen LogP contribution is 2.09. The van der Waals surface area contributed by atoms with Crippen molar-refractivity contribution in [1.29, 1.82) is 0 Å². The van der Waals surface area contributed by atoms with Crippen LogP contribution in [0.15, 0.2) is 17.1 Å². The third kappa shape index (κ3) is 3.93. The van der Waals surface area contributed by atoms with E-state index in [1.54, 1.807) is 6.92 Å². The number of nitrogens with one attached hydrogen (secondary N) is 2. The van der Waals surface area contributed by atoms with Crippen molar-refractivity contribution < 1.29 is 4.79 Å². The minimum Gasteiger partial charge on any atom is -0.364 e. The highest BCUT2D eigenvalue weighted by Gasteiger charge is 2.16. The number of rotatable bonds is 5. The van der Waals surface area contributed by atoms with Gasteiger partial charge in [-0.3, -0.25) is 9.59 Å². The van der Waals surface area contributed by atoms with Gasteiger partial charge in [-0.2, -0.15) is 0 Å². The fraction of sp³-hybridized carbons (Fsp3) is 0.600. The summed E-state index contributed by atoms with van der Waals surface area (Å²) in [5.74, 6) is 0.0982. The Labute approximate surface area is 119 Å². The molecule has 0 spiro atoms. The van der Waals surface area contributed by atoms with E-state index in [2.05, 4.69) is 22.1 Å². The summed E-state index contributed by atoms with van der Waals surface area (Å²) in [6.45, 7) is 7.85. The average Bonchev–Trinajstić information content (AvgIpc) is 2.89. The van der Waals surface area contributed by atoms with Crippen molar-refractivity contribution in [2.45, 2.75) is 26.7 Å². The van der Waals surface area contributed by atoms with E-state index in [1.807, 2.05) is 0 Å². The van der Waals surface area contributed by atoms with E-state index in [4.69, 9.17) is 0 Å². The molecule has 20 heavy (non-hydrogen) atoms. The largest absolute Gasteiger partial charge is 0.364 e. The van der Waals surface area contributed by atoms with Crippen molar-refractivity contribution in [2.24, 2.45) is 5.92 Å². The van der Waals surface area contributed by atoms with Crippen LogP contribution < -0.4 is 10.7 Å². The maximum atomic E-state index is 12.0. The van der Waals surface area contributed by atoms with E-state index in [-0.39, 0.29) is 16.9 Å². The molecule has 5 nitrogen and oxygen atoms in total. The van der Waals surface area contributed by atoms with Crippen LogP contribution in [0.25, 0.3) is 0 Å². The maximum Gasteiger partial charge on any atom is 0.256 e. The van der Waals surface area contributed by atoms with Crippen LogP contribution in [0.5, 0.6) is 0 Å². The van der Waals surface area contributed by atoms with Gasteiger partial charge in [0, 0.05) is 31.0 Å². The standard InChI is InChI=1S/C15H23N3O2/c1-11(10-18-5-3-4-6-18)8-17-15(20)13-9-16-12(2)7-14(13)19/h7,9,11H,3-6,8,10H2,1-2H3,(H,16,19)(H,17,20). The molecule has 1 aliphatic rings. The van der Waals surface area contributed by atoms with E-state index < -0.39 is 0 Å². The first-order valence-electron chi connectivity index (χ1n) is 7.26. The summed E-state index contributed by atoms with van der Waals surface area (Å²) in [4.78, 5) is 29.0. The van der Waals surface area contributed by atoms with Crippen molar-refractivity contribution in [3.63, 3.8) is 0 Å². The molecule has 5 heteroatoms. The molecule has 0 bridgehead atoms. The first kappa shape index (κ1) is 14.8. The first-order valence-corrected chi connectivity index (χ1v) is 7.26. The summed E-state index contributed by atoms with van der Waals surface area (Å²) in [6, 6.07) is 1.45. The lowest BCUT2D eigenvalue weighted by molar-refractivity contribution is 0.0943. The Hall–Kier alpha value is -1.62. The molecule has 1 amide bonds. The van der Waals surface area contributed by atoms with Gasteiger partial charge < -0.3 is 15.2 Å². The Morgan fingerprint density at radius 3 is 2.80 bits per heavy atom. The highest BCUT2D eigenvalue weighted by molar-refractivity contribution is 5.93. The number of aromatic nitrogens is 1. The fourth-order valence-electron chi connectivity index (χ4n) is 2.58. The van der Waals surface area contributed by atoms with Gasteiger partial charge in [0.05, 0.1) is 0 Å². The van der Waals surface area contributed by atoms with Crippen LogP contribution in [0.3, 0.4) is 0 Å². The SMILES string of the molecule is Cc1cc(=O)c(C(=O)NCC(C)CN2CCCC2)c[nH]1. The summed E-state index contributed by atoms with van der Waals surface area (Å²) >= 11 is 0. The second-order valence-electron chi connectivity index (χ2n) is 5.72. The van der Waals surface area contributed by atoms with E-state index >= 15 is 0 Å². The van der Waals surface area contributed by atoms with Crippen molar-refractivity contribution in [3.05, 3.63) is 33.7 Å². The van der Waals surface area contributed by atoms with Crippen LogP contribution in [-0.2, 0) is 0 Å². The molecule has 0 aromatic carbocycles. The number of aromatic amines is 1. The quantitative estimate of drug-likeness (QED) is 0.848. The molecule has 110 valence electrons. The molecular weight excluding hydrogens is 254 g/mol. The number of likely N-dealkylation sites (tertiary alicyclic amines) is 1. The summed E-state index contributed by atoms with van der Waals surface area (Å²) in [7, 11) is 0. The zero-order valence-electron chi connectivity index (χ0n) is 12.2. The molecule has 0 saturated carbocycles. The number of hydrogen-bond acceptors (Lipinski definition) is 3. The second kappa shape index (κ2) is 6.70. The molecule has 1 fully saturated rings. The molecule has 1 atom stereocenters. The van der Waals surface area contributed by atoms with Gasteiger partial charge in [0.15, 0.2) is 5.43 Å². The molecular formula is C15H23N3O2. The topological polar surface area (TPSA) is 65.2 Å². The maximum absolute atomic E-state index is 12.0. The minimum atomic E-state index is -0.292. The number of pyridine rings is 1. The molecule has 2 N–H and O–H groups in total. The monoisotopic (exact) mass is 277 g/mol. The van der Waals surface area contributed by atoms with Gasteiger partial charge in [0.2, 0.25) is 0 Å². The van der Waals surface area contributed by atoms with Crippen molar-refractivity contribution in [1.82, 2.24) is 15.2 Å². The van der Waals surface area contributed by atoms with Gasteiger partial charge in [0.25, 0.3) is 5.91 Å².